The minimum Gasteiger partial charge on any atom is -0.480 e. The average Bonchev–Trinajstić information content (AvgIpc) is 3.30. The number of hydrogen-bond donors (Lipinski definition) is 6. The van der Waals surface area contributed by atoms with Gasteiger partial charge >= 0.3 is 5.97 Å². The zero-order chi connectivity index (χ0) is 26.0. The second-order valence-electron chi connectivity index (χ2n) is 8.56. The van der Waals surface area contributed by atoms with E-state index in [0.29, 0.717) is 32.2 Å². The van der Waals surface area contributed by atoms with Crippen molar-refractivity contribution in [2.75, 3.05) is 13.1 Å². The molecule has 4 unspecified atom stereocenters. The van der Waals surface area contributed by atoms with Gasteiger partial charge in [-0.05, 0) is 44.6 Å². The largest absolute Gasteiger partial charge is 0.480 e. The van der Waals surface area contributed by atoms with Crippen LogP contribution in [-0.2, 0) is 25.6 Å². The summed E-state index contributed by atoms with van der Waals surface area (Å²) in [6.45, 7) is 2.08. The SMILES string of the molecule is CC(NC(=O)C1CCCN1C(=O)C(N)Cc1ccccc1)C(=O)NC(CCCN=C(N)N)C(=O)O. The molecule has 3 amide bonds. The van der Waals surface area contributed by atoms with E-state index >= 15 is 0 Å². The number of carbonyl (C=O) groups excluding carboxylic acids is 3. The molecule has 1 aromatic rings. The fraction of sp³-hybridized carbons (Fsp3) is 0.522. The van der Waals surface area contributed by atoms with Crippen molar-refractivity contribution in [3.63, 3.8) is 0 Å². The predicted molar refractivity (Wildman–Crippen MR) is 130 cm³/mol. The highest BCUT2D eigenvalue weighted by atomic mass is 16.4. The van der Waals surface area contributed by atoms with Gasteiger partial charge in [0.05, 0.1) is 6.04 Å². The zero-order valence-electron chi connectivity index (χ0n) is 19.9. The normalized spacial score (nSPS) is 17.7. The quantitative estimate of drug-likeness (QED) is 0.118. The van der Waals surface area contributed by atoms with Gasteiger partial charge in [0.15, 0.2) is 5.96 Å². The highest BCUT2D eigenvalue weighted by Gasteiger charge is 2.37. The third-order valence-electron chi connectivity index (χ3n) is 5.77. The first-order valence-electron chi connectivity index (χ1n) is 11.6. The third kappa shape index (κ3) is 8.56. The topological polar surface area (TPSA) is 206 Å². The minimum absolute atomic E-state index is 0.0993. The lowest BCUT2D eigenvalue weighted by molar-refractivity contribution is -0.143. The van der Waals surface area contributed by atoms with Crippen LogP contribution in [0, 0.1) is 0 Å². The lowest BCUT2D eigenvalue weighted by Crippen LogP contribution is -2.56. The van der Waals surface area contributed by atoms with E-state index in [4.69, 9.17) is 17.2 Å². The van der Waals surface area contributed by atoms with E-state index in [9.17, 15) is 24.3 Å². The number of benzene rings is 1. The molecule has 0 aromatic heterocycles. The second-order valence-corrected chi connectivity index (χ2v) is 8.56. The van der Waals surface area contributed by atoms with Crippen LogP contribution in [0.4, 0.5) is 0 Å². The Morgan fingerprint density at radius 1 is 1.17 bits per heavy atom. The molecule has 35 heavy (non-hydrogen) atoms. The molecule has 1 fully saturated rings. The van der Waals surface area contributed by atoms with Crippen molar-refractivity contribution in [3.8, 4) is 0 Å². The van der Waals surface area contributed by atoms with Crippen molar-refractivity contribution >= 4 is 29.7 Å². The van der Waals surface area contributed by atoms with Gasteiger partial charge in [0.1, 0.15) is 18.1 Å². The standard InChI is InChI=1S/C23H35N7O5/c1-14(19(31)29-17(22(34)35)9-5-11-27-23(25)26)28-20(32)18-10-6-12-30(18)21(33)16(24)13-15-7-3-2-4-8-15/h2-4,7-8,14,16-18H,5-6,9-13,24H2,1H3,(H,28,32)(H,29,31)(H,34,35)(H4,25,26,27). The van der Waals surface area contributed by atoms with Crippen LogP contribution in [0.25, 0.3) is 0 Å². The molecule has 1 aliphatic rings. The van der Waals surface area contributed by atoms with E-state index in [1.807, 2.05) is 30.3 Å². The predicted octanol–water partition coefficient (Wildman–Crippen LogP) is -1.32. The van der Waals surface area contributed by atoms with Gasteiger partial charge in [0.2, 0.25) is 17.7 Å². The van der Waals surface area contributed by atoms with Crippen LogP contribution in [0.1, 0.15) is 38.2 Å². The molecule has 1 aromatic carbocycles. The molecule has 0 aliphatic carbocycles. The molecule has 1 aliphatic heterocycles. The fourth-order valence-corrected chi connectivity index (χ4v) is 3.90. The number of carboxylic acid groups (broad SMARTS) is 1. The summed E-state index contributed by atoms with van der Waals surface area (Å²) in [6.07, 6.45) is 1.90. The summed E-state index contributed by atoms with van der Waals surface area (Å²) in [6, 6.07) is 5.68. The molecule has 0 saturated carbocycles. The number of amides is 3. The summed E-state index contributed by atoms with van der Waals surface area (Å²) in [5.41, 5.74) is 17.5. The number of hydrogen-bond acceptors (Lipinski definition) is 6. The van der Waals surface area contributed by atoms with Gasteiger partial charge in [-0.15, -0.1) is 0 Å². The molecular weight excluding hydrogens is 454 g/mol. The summed E-state index contributed by atoms with van der Waals surface area (Å²) in [5.74, 6) is -2.76. The van der Waals surface area contributed by atoms with Crippen LogP contribution < -0.4 is 27.8 Å². The molecule has 0 radical (unpaired) electrons. The Hall–Kier alpha value is -3.67. The number of likely N-dealkylation sites (tertiary alicyclic amines) is 1. The van der Waals surface area contributed by atoms with Gasteiger partial charge in [-0.25, -0.2) is 4.79 Å². The maximum Gasteiger partial charge on any atom is 0.326 e. The minimum atomic E-state index is -1.21. The fourth-order valence-electron chi connectivity index (χ4n) is 3.90. The first-order chi connectivity index (χ1) is 16.6. The van der Waals surface area contributed by atoms with E-state index in [0.717, 1.165) is 5.56 Å². The lowest BCUT2D eigenvalue weighted by Gasteiger charge is -2.28. The molecule has 12 nitrogen and oxygen atoms in total. The Morgan fingerprint density at radius 3 is 2.49 bits per heavy atom. The Kier molecular flexibility index (Phi) is 10.5. The monoisotopic (exact) mass is 489 g/mol. The highest BCUT2D eigenvalue weighted by Crippen LogP contribution is 2.19. The summed E-state index contributed by atoms with van der Waals surface area (Å²) < 4.78 is 0. The maximum atomic E-state index is 12.9. The van der Waals surface area contributed by atoms with Crippen LogP contribution in [0.2, 0.25) is 0 Å². The average molecular weight is 490 g/mol. The Bertz CT molecular complexity index is 920. The van der Waals surface area contributed by atoms with Crippen molar-refractivity contribution in [2.45, 2.75) is 63.2 Å². The van der Waals surface area contributed by atoms with Crippen molar-refractivity contribution in [2.24, 2.45) is 22.2 Å². The molecule has 1 heterocycles. The van der Waals surface area contributed by atoms with Gasteiger partial charge in [0.25, 0.3) is 0 Å². The summed E-state index contributed by atoms with van der Waals surface area (Å²) in [5, 5.41) is 14.4. The summed E-state index contributed by atoms with van der Waals surface area (Å²) in [4.78, 5) is 55.0. The van der Waals surface area contributed by atoms with Crippen molar-refractivity contribution < 1.29 is 24.3 Å². The third-order valence-corrected chi connectivity index (χ3v) is 5.77. The van der Waals surface area contributed by atoms with Gasteiger partial charge in [-0.2, -0.15) is 0 Å². The number of rotatable bonds is 12. The lowest BCUT2D eigenvalue weighted by atomic mass is 10.0. The number of nitrogens with two attached hydrogens (primary N) is 3. The van der Waals surface area contributed by atoms with Crippen molar-refractivity contribution in [1.82, 2.24) is 15.5 Å². The van der Waals surface area contributed by atoms with E-state index in [1.54, 1.807) is 0 Å². The van der Waals surface area contributed by atoms with E-state index in [1.165, 1.54) is 11.8 Å². The molecule has 2 rings (SSSR count). The number of carboxylic acids is 1. The number of aliphatic imine (C=N–C) groups is 1. The van der Waals surface area contributed by atoms with Crippen LogP contribution in [0.15, 0.2) is 35.3 Å². The molecular formula is C23H35N7O5. The molecule has 12 heteroatoms. The number of nitrogens with one attached hydrogen (secondary N) is 2. The Balaban J connectivity index is 1.90. The molecule has 9 N–H and O–H groups in total. The molecule has 1 saturated heterocycles. The number of aliphatic carboxylic acids is 1. The van der Waals surface area contributed by atoms with Gasteiger partial charge in [0, 0.05) is 13.1 Å². The molecule has 0 spiro atoms. The maximum absolute atomic E-state index is 12.9. The van der Waals surface area contributed by atoms with E-state index in [2.05, 4.69) is 15.6 Å². The Morgan fingerprint density at radius 2 is 1.86 bits per heavy atom. The Labute approximate surface area is 204 Å². The smallest absolute Gasteiger partial charge is 0.326 e. The van der Waals surface area contributed by atoms with Crippen molar-refractivity contribution in [1.29, 1.82) is 0 Å². The second kappa shape index (κ2) is 13.3. The first-order valence-corrected chi connectivity index (χ1v) is 11.6. The number of guanidine groups is 1. The van der Waals surface area contributed by atoms with Crippen LogP contribution >= 0.6 is 0 Å². The van der Waals surface area contributed by atoms with Crippen molar-refractivity contribution in [3.05, 3.63) is 35.9 Å². The van der Waals surface area contributed by atoms with Gasteiger partial charge in [-0.3, -0.25) is 19.4 Å². The van der Waals surface area contributed by atoms with Gasteiger partial charge < -0.3 is 37.8 Å². The van der Waals surface area contributed by atoms with E-state index < -0.39 is 42.0 Å². The van der Waals surface area contributed by atoms with Crippen LogP contribution in [0.5, 0.6) is 0 Å². The zero-order valence-corrected chi connectivity index (χ0v) is 19.9. The summed E-state index contributed by atoms with van der Waals surface area (Å²) in [7, 11) is 0. The van der Waals surface area contributed by atoms with Gasteiger partial charge in [-0.1, -0.05) is 30.3 Å². The first kappa shape index (κ1) is 27.6. The molecule has 0 bridgehead atoms. The summed E-state index contributed by atoms with van der Waals surface area (Å²) >= 11 is 0. The number of nitrogens with zero attached hydrogens (tertiary/aromatic N) is 2. The van der Waals surface area contributed by atoms with Crippen LogP contribution in [-0.4, -0.2) is 76.9 Å². The van der Waals surface area contributed by atoms with E-state index in [-0.39, 0.29) is 24.8 Å². The number of carbonyl (C=O) groups is 4. The molecule has 4 atom stereocenters. The highest BCUT2D eigenvalue weighted by molar-refractivity contribution is 5.94. The van der Waals surface area contributed by atoms with Crippen LogP contribution in [0.3, 0.4) is 0 Å². The molecule has 192 valence electrons.